The number of carbonyl (C=O) groups is 1. The van der Waals surface area contributed by atoms with E-state index in [1.807, 2.05) is 30.8 Å². The van der Waals surface area contributed by atoms with Crippen molar-refractivity contribution in [1.82, 2.24) is 4.90 Å². The molecule has 0 bridgehead atoms. The predicted octanol–water partition coefficient (Wildman–Crippen LogP) is 2.98. The normalized spacial score (nSPS) is 12.4. The van der Waals surface area contributed by atoms with E-state index in [2.05, 4.69) is 30.4 Å². The first-order chi connectivity index (χ1) is 9.93. The van der Waals surface area contributed by atoms with Gasteiger partial charge in [-0.05, 0) is 57.8 Å². The molecule has 1 aromatic rings. The lowest BCUT2D eigenvalue weighted by molar-refractivity contribution is -0.116. The van der Waals surface area contributed by atoms with E-state index in [-0.39, 0.29) is 5.91 Å². The zero-order chi connectivity index (χ0) is 15.8. The molecule has 4 nitrogen and oxygen atoms in total. The zero-order valence-electron chi connectivity index (χ0n) is 13.5. The lowest BCUT2D eigenvalue weighted by Gasteiger charge is -2.23. The second-order valence-corrected chi connectivity index (χ2v) is 6.42. The van der Waals surface area contributed by atoms with Gasteiger partial charge in [0.05, 0.1) is 0 Å². The summed E-state index contributed by atoms with van der Waals surface area (Å²) in [5, 5.41) is 2.94. The number of hydrogen-bond donors (Lipinski definition) is 2. The molecule has 0 aliphatic rings. The van der Waals surface area contributed by atoms with E-state index in [9.17, 15) is 4.79 Å². The van der Waals surface area contributed by atoms with E-state index in [0.29, 0.717) is 18.2 Å². The monoisotopic (exact) mass is 309 g/mol. The maximum Gasteiger partial charge on any atom is 0.224 e. The number of nitrogens with zero attached hydrogens (tertiary/aromatic N) is 1. The summed E-state index contributed by atoms with van der Waals surface area (Å²) in [6, 6.07) is 6.11. The Labute approximate surface area is 132 Å². The molecule has 0 saturated heterocycles. The van der Waals surface area contributed by atoms with Crippen molar-refractivity contribution in [3.63, 3.8) is 0 Å². The molecular formula is C16H27N3OS. The summed E-state index contributed by atoms with van der Waals surface area (Å²) >= 11 is 1.85. The number of carbonyl (C=O) groups excluding carboxylic acids is 1. The minimum Gasteiger partial charge on any atom is -0.399 e. The summed E-state index contributed by atoms with van der Waals surface area (Å²) in [6.07, 6.45) is 3.51. The van der Waals surface area contributed by atoms with Gasteiger partial charge in [-0.25, -0.2) is 0 Å². The van der Waals surface area contributed by atoms with Crippen molar-refractivity contribution < 1.29 is 4.79 Å². The quantitative estimate of drug-likeness (QED) is 0.725. The molecule has 5 heteroatoms. The minimum absolute atomic E-state index is 0.0506. The fourth-order valence-corrected chi connectivity index (χ4v) is 2.80. The minimum atomic E-state index is 0.0506. The van der Waals surface area contributed by atoms with Crippen molar-refractivity contribution in [3.8, 4) is 0 Å². The average molecular weight is 309 g/mol. The largest absolute Gasteiger partial charge is 0.399 e. The number of benzene rings is 1. The van der Waals surface area contributed by atoms with Gasteiger partial charge in [0.25, 0.3) is 0 Å². The Hall–Kier alpha value is -1.20. The molecule has 0 saturated carbocycles. The van der Waals surface area contributed by atoms with Crippen LogP contribution in [0.4, 0.5) is 11.4 Å². The highest BCUT2D eigenvalue weighted by atomic mass is 32.2. The number of rotatable bonds is 8. The first-order valence-electron chi connectivity index (χ1n) is 7.29. The molecule has 0 aliphatic heterocycles. The highest BCUT2D eigenvalue weighted by Gasteiger charge is 2.10. The van der Waals surface area contributed by atoms with Crippen LogP contribution in [0.3, 0.4) is 0 Å². The van der Waals surface area contributed by atoms with Crippen LogP contribution in [0.2, 0.25) is 0 Å². The van der Waals surface area contributed by atoms with E-state index in [0.717, 1.165) is 30.0 Å². The fraction of sp³-hybridized carbons (Fsp3) is 0.562. The molecule has 0 spiro atoms. The van der Waals surface area contributed by atoms with Crippen LogP contribution < -0.4 is 11.1 Å². The van der Waals surface area contributed by atoms with Gasteiger partial charge in [0.15, 0.2) is 0 Å². The summed E-state index contributed by atoms with van der Waals surface area (Å²) in [4.78, 5) is 14.3. The van der Waals surface area contributed by atoms with E-state index in [1.54, 1.807) is 6.07 Å². The van der Waals surface area contributed by atoms with Crippen LogP contribution in [0, 0.1) is 6.92 Å². The van der Waals surface area contributed by atoms with E-state index >= 15 is 0 Å². The summed E-state index contributed by atoms with van der Waals surface area (Å²) in [5.74, 6) is 1.17. The number of amides is 1. The highest BCUT2D eigenvalue weighted by Crippen LogP contribution is 2.18. The maximum absolute atomic E-state index is 12.0. The number of hydrogen-bond acceptors (Lipinski definition) is 4. The van der Waals surface area contributed by atoms with Crippen LogP contribution in [-0.4, -0.2) is 42.4 Å². The Balaban J connectivity index is 2.36. The van der Waals surface area contributed by atoms with Crippen LogP contribution in [0.5, 0.6) is 0 Å². The van der Waals surface area contributed by atoms with Gasteiger partial charge < -0.3 is 16.0 Å². The third-order valence-electron chi connectivity index (χ3n) is 3.61. The number of nitrogens with one attached hydrogen (secondary N) is 1. The SMILES string of the molecule is CSCC(C)N(C)CCCC(=O)Nc1cc(N)ccc1C. The van der Waals surface area contributed by atoms with Gasteiger partial charge in [0.1, 0.15) is 0 Å². The summed E-state index contributed by atoms with van der Waals surface area (Å²) in [7, 11) is 2.11. The van der Waals surface area contributed by atoms with Crippen LogP contribution in [0.1, 0.15) is 25.3 Å². The van der Waals surface area contributed by atoms with E-state index in [4.69, 9.17) is 5.73 Å². The molecule has 0 aromatic heterocycles. The van der Waals surface area contributed by atoms with Gasteiger partial charge in [-0.15, -0.1) is 0 Å². The van der Waals surface area contributed by atoms with Gasteiger partial charge >= 0.3 is 0 Å². The van der Waals surface area contributed by atoms with Crippen LogP contribution >= 0.6 is 11.8 Å². The average Bonchev–Trinajstić information content (AvgIpc) is 2.43. The van der Waals surface area contributed by atoms with Gasteiger partial charge in [-0.2, -0.15) is 11.8 Å². The lowest BCUT2D eigenvalue weighted by Crippen LogP contribution is -2.32. The van der Waals surface area contributed by atoms with Crippen molar-refractivity contribution >= 4 is 29.0 Å². The standard InChI is InChI=1S/C16H27N3OS/c1-12-7-8-14(17)10-15(12)18-16(20)6-5-9-19(3)13(2)11-21-4/h7-8,10,13H,5-6,9,11,17H2,1-4H3,(H,18,20). The first-order valence-corrected chi connectivity index (χ1v) is 8.68. The third-order valence-corrected chi connectivity index (χ3v) is 4.43. The van der Waals surface area contributed by atoms with Crippen molar-refractivity contribution in [3.05, 3.63) is 23.8 Å². The summed E-state index contributed by atoms with van der Waals surface area (Å²) in [6.45, 7) is 5.12. The van der Waals surface area contributed by atoms with Gasteiger partial charge in [-0.3, -0.25) is 4.79 Å². The Morgan fingerprint density at radius 1 is 1.48 bits per heavy atom. The number of thioether (sulfide) groups is 1. The predicted molar refractivity (Wildman–Crippen MR) is 93.9 cm³/mol. The molecule has 1 atom stereocenters. The molecule has 0 aliphatic carbocycles. The Kier molecular flexibility index (Phi) is 7.61. The molecule has 21 heavy (non-hydrogen) atoms. The van der Waals surface area contributed by atoms with E-state index < -0.39 is 0 Å². The Bertz CT molecular complexity index is 465. The smallest absolute Gasteiger partial charge is 0.224 e. The number of aryl methyl sites for hydroxylation is 1. The maximum atomic E-state index is 12.0. The molecular weight excluding hydrogens is 282 g/mol. The van der Waals surface area contributed by atoms with Gasteiger partial charge in [0.2, 0.25) is 5.91 Å². The van der Waals surface area contributed by atoms with Gasteiger partial charge in [-0.1, -0.05) is 6.07 Å². The number of nitrogens with two attached hydrogens (primary N) is 1. The third kappa shape index (κ3) is 6.40. The topological polar surface area (TPSA) is 58.4 Å². The molecule has 0 fully saturated rings. The van der Waals surface area contributed by atoms with Crippen LogP contribution in [-0.2, 0) is 4.79 Å². The Morgan fingerprint density at radius 3 is 2.86 bits per heavy atom. The van der Waals surface area contributed by atoms with Crippen molar-refractivity contribution in [2.24, 2.45) is 0 Å². The summed E-state index contributed by atoms with van der Waals surface area (Å²) < 4.78 is 0. The summed E-state index contributed by atoms with van der Waals surface area (Å²) in [5.41, 5.74) is 8.25. The lowest BCUT2D eigenvalue weighted by atomic mass is 10.1. The van der Waals surface area contributed by atoms with Crippen molar-refractivity contribution in [2.75, 3.05) is 36.7 Å². The molecule has 0 radical (unpaired) electrons. The number of anilines is 2. The molecule has 1 amide bonds. The molecule has 3 N–H and O–H groups in total. The highest BCUT2D eigenvalue weighted by molar-refractivity contribution is 7.98. The van der Waals surface area contributed by atoms with Gasteiger partial charge in [0, 0.05) is 29.6 Å². The van der Waals surface area contributed by atoms with E-state index in [1.165, 1.54) is 0 Å². The molecule has 0 heterocycles. The second-order valence-electron chi connectivity index (χ2n) is 5.51. The van der Waals surface area contributed by atoms with Crippen molar-refractivity contribution in [2.45, 2.75) is 32.7 Å². The van der Waals surface area contributed by atoms with Crippen molar-refractivity contribution in [1.29, 1.82) is 0 Å². The first kappa shape index (κ1) is 17.9. The molecule has 1 rings (SSSR count). The fourth-order valence-electron chi connectivity index (χ4n) is 2.06. The Morgan fingerprint density at radius 2 is 2.19 bits per heavy atom. The second kappa shape index (κ2) is 8.95. The molecule has 1 aromatic carbocycles. The zero-order valence-corrected chi connectivity index (χ0v) is 14.3. The number of nitrogen functional groups attached to an aromatic ring is 1. The molecule has 1 unspecified atom stereocenters. The van der Waals surface area contributed by atoms with Crippen LogP contribution in [0.15, 0.2) is 18.2 Å². The molecule has 118 valence electrons. The van der Waals surface area contributed by atoms with Crippen LogP contribution in [0.25, 0.3) is 0 Å².